The van der Waals surface area contributed by atoms with Gasteiger partial charge in [0.25, 0.3) is 0 Å². The Hall–Kier alpha value is -2.57. The minimum absolute atomic E-state index is 0.269. The molecule has 0 fully saturated rings. The van der Waals surface area contributed by atoms with E-state index in [9.17, 15) is 22.4 Å². The molecule has 1 aliphatic heterocycles. The van der Waals surface area contributed by atoms with Crippen LogP contribution in [0.15, 0.2) is 42.5 Å². The maximum Gasteiger partial charge on any atom is 0.416 e. The summed E-state index contributed by atoms with van der Waals surface area (Å²) in [6.45, 7) is 0.463. The standard InChI is InChI=1S/C18H16F4N2O/c19-14-6-9-16-12(11-14)3-1-2-10-24(16)17(25)23-15-7-4-13(5-8-15)18(20,21)22/h4-9,11H,1-3,10H2,(H,23,25). The Morgan fingerprint density at radius 1 is 1.04 bits per heavy atom. The maximum absolute atomic E-state index is 13.4. The number of benzene rings is 2. The van der Waals surface area contributed by atoms with E-state index in [1.54, 1.807) is 6.07 Å². The number of hydrogen-bond donors (Lipinski definition) is 1. The lowest BCUT2D eigenvalue weighted by atomic mass is 10.1. The first-order valence-corrected chi connectivity index (χ1v) is 7.89. The van der Waals surface area contributed by atoms with Crippen molar-refractivity contribution in [3.05, 3.63) is 59.4 Å². The first-order chi connectivity index (χ1) is 11.8. The summed E-state index contributed by atoms with van der Waals surface area (Å²) in [5.74, 6) is -0.358. The van der Waals surface area contributed by atoms with Crippen LogP contribution in [0.2, 0.25) is 0 Å². The van der Waals surface area contributed by atoms with Gasteiger partial charge < -0.3 is 5.32 Å². The fourth-order valence-electron chi connectivity index (χ4n) is 2.87. The summed E-state index contributed by atoms with van der Waals surface area (Å²) < 4.78 is 51.2. The largest absolute Gasteiger partial charge is 0.416 e. The Bertz CT molecular complexity index is 772. The monoisotopic (exact) mass is 352 g/mol. The topological polar surface area (TPSA) is 32.3 Å². The summed E-state index contributed by atoms with van der Waals surface area (Å²) >= 11 is 0. The van der Waals surface area contributed by atoms with Crippen LogP contribution in [0.5, 0.6) is 0 Å². The fraction of sp³-hybridized carbons (Fsp3) is 0.278. The van der Waals surface area contributed by atoms with Crippen LogP contribution in [0, 0.1) is 5.82 Å². The van der Waals surface area contributed by atoms with Gasteiger partial charge in [0.05, 0.1) is 5.56 Å². The molecule has 2 aromatic rings. The second kappa shape index (κ2) is 6.74. The predicted molar refractivity (Wildman–Crippen MR) is 87.1 cm³/mol. The Morgan fingerprint density at radius 2 is 1.76 bits per heavy atom. The minimum atomic E-state index is -4.42. The first-order valence-electron chi connectivity index (χ1n) is 7.89. The molecule has 0 aliphatic carbocycles. The number of hydrogen-bond acceptors (Lipinski definition) is 1. The van der Waals surface area contributed by atoms with Gasteiger partial charge >= 0.3 is 12.2 Å². The van der Waals surface area contributed by atoms with Crippen LogP contribution in [0.4, 0.5) is 33.7 Å². The molecular weight excluding hydrogens is 336 g/mol. The molecule has 0 saturated carbocycles. The van der Waals surface area contributed by atoms with Crippen molar-refractivity contribution in [2.75, 3.05) is 16.8 Å². The molecule has 0 spiro atoms. The summed E-state index contributed by atoms with van der Waals surface area (Å²) in [6, 6.07) is 8.08. The van der Waals surface area contributed by atoms with Crippen molar-refractivity contribution in [1.82, 2.24) is 0 Å². The van der Waals surface area contributed by atoms with E-state index in [4.69, 9.17) is 0 Å². The van der Waals surface area contributed by atoms with Gasteiger partial charge in [-0.25, -0.2) is 9.18 Å². The van der Waals surface area contributed by atoms with Gasteiger partial charge in [-0.05, 0) is 67.3 Å². The summed E-state index contributed by atoms with van der Waals surface area (Å²) in [5.41, 5.74) is 0.871. The second-order valence-electron chi connectivity index (χ2n) is 5.89. The fourth-order valence-corrected chi connectivity index (χ4v) is 2.87. The zero-order chi connectivity index (χ0) is 18.0. The average molecular weight is 352 g/mol. The van der Waals surface area contributed by atoms with Gasteiger partial charge in [0.1, 0.15) is 5.82 Å². The lowest BCUT2D eigenvalue weighted by molar-refractivity contribution is -0.137. The molecule has 0 radical (unpaired) electrons. The van der Waals surface area contributed by atoms with Gasteiger partial charge in [0, 0.05) is 17.9 Å². The molecule has 1 N–H and O–H groups in total. The molecule has 25 heavy (non-hydrogen) atoms. The zero-order valence-electron chi connectivity index (χ0n) is 13.2. The van der Waals surface area contributed by atoms with E-state index in [1.807, 2.05) is 0 Å². The molecule has 0 saturated heterocycles. The van der Waals surface area contributed by atoms with Gasteiger partial charge in [-0.2, -0.15) is 13.2 Å². The normalized spacial score (nSPS) is 14.6. The Labute approximate surface area is 142 Å². The molecular formula is C18H16F4N2O. The number of carbonyl (C=O) groups is 1. The predicted octanol–water partition coefficient (Wildman–Crippen LogP) is 5.22. The van der Waals surface area contributed by atoms with E-state index in [-0.39, 0.29) is 11.5 Å². The summed E-state index contributed by atoms with van der Waals surface area (Å²) in [7, 11) is 0. The van der Waals surface area contributed by atoms with Gasteiger partial charge in [-0.3, -0.25) is 4.90 Å². The molecule has 1 aliphatic rings. The summed E-state index contributed by atoms with van der Waals surface area (Å²) in [4.78, 5) is 14.0. The molecule has 0 aromatic heterocycles. The van der Waals surface area contributed by atoms with Gasteiger partial charge in [-0.1, -0.05) is 0 Å². The molecule has 0 bridgehead atoms. The number of anilines is 2. The quantitative estimate of drug-likeness (QED) is 0.701. The highest BCUT2D eigenvalue weighted by Crippen LogP contribution is 2.31. The molecule has 0 atom stereocenters. The van der Waals surface area contributed by atoms with Crippen molar-refractivity contribution in [1.29, 1.82) is 0 Å². The van der Waals surface area contributed by atoms with Crippen LogP contribution < -0.4 is 10.2 Å². The van der Waals surface area contributed by atoms with Crippen LogP contribution in [0.25, 0.3) is 0 Å². The SMILES string of the molecule is O=C(Nc1ccc(C(F)(F)F)cc1)N1CCCCc2cc(F)ccc21. The molecule has 3 nitrogen and oxygen atoms in total. The molecule has 7 heteroatoms. The molecule has 0 unspecified atom stereocenters. The van der Waals surface area contributed by atoms with E-state index in [0.717, 1.165) is 30.5 Å². The van der Waals surface area contributed by atoms with Crippen LogP contribution in [-0.4, -0.2) is 12.6 Å². The number of alkyl halides is 3. The van der Waals surface area contributed by atoms with Crippen molar-refractivity contribution in [2.45, 2.75) is 25.4 Å². The molecule has 132 valence electrons. The van der Waals surface area contributed by atoms with E-state index in [1.165, 1.54) is 29.2 Å². The Balaban J connectivity index is 1.79. The molecule has 1 heterocycles. The van der Waals surface area contributed by atoms with E-state index < -0.39 is 17.8 Å². The number of nitrogens with zero attached hydrogens (tertiary/aromatic N) is 1. The lowest BCUT2D eigenvalue weighted by Gasteiger charge is -2.23. The lowest BCUT2D eigenvalue weighted by Crippen LogP contribution is -2.35. The maximum atomic E-state index is 13.4. The molecule has 2 aromatic carbocycles. The van der Waals surface area contributed by atoms with Gasteiger partial charge in [-0.15, -0.1) is 0 Å². The van der Waals surface area contributed by atoms with Crippen LogP contribution in [-0.2, 0) is 12.6 Å². The third kappa shape index (κ3) is 3.92. The number of nitrogens with one attached hydrogen (secondary N) is 1. The number of aryl methyl sites for hydroxylation is 1. The van der Waals surface area contributed by atoms with Crippen molar-refractivity contribution in [3.8, 4) is 0 Å². The first kappa shape index (κ1) is 17.3. The summed E-state index contributed by atoms with van der Waals surface area (Å²) in [6.07, 6.45) is -2.15. The second-order valence-corrected chi connectivity index (χ2v) is 5.89. The number of urea groups is 1. The van der Waals surface area contributed by atoms with Crippen molar-refractivity contribution < 1.29 is 22.4 Å². The van der Waals surface area contributed by atoms with E-state index in [2.05, 4.69) is 5.32 Å². The smallest absolute Gasteiger partial charge is 0.308 e. The Kier molecular flexibility index (Phi) is 4.65. The number of amides is 2. The third-order valence-electron chi connectivity index (χ3n) is 4.12. The number of halogens is 4. The van der Waals surface area contributed by atoms with E-state index >= 15 is 0 Å². The van der Waals surface area contributed by atoms with Crippen LogP contribution >= 0.6 is 0 Å². The van der Waals surface area contributed by atoms with Crippen LogP contribution in [0.1, 0.15) is 24.0 Å². The Morgan fingerprint density at radius 3 is 2.44 bits per heavy atom. The molecule has 2 amide bonds. The highest BCUT2D eigenvalue weighted by atomic mass is 19.4. The highest BCUT2D eigenvalue weighted by molar-refractivity contribution is 6.02. The van der Waals surface area contributed by atoms with Gasteiger partial charge in [0.15, 0.2) is 0 Å². The van der Waals surface area contributed by atoms with Crippen molar-refractivity contribution >= 4 is 17.4 Å². The highest BCUT2D eigenvalue weighted by Gasteiger charge is 2.30. The number of fused-ring (bicyclic) bond motifs is 1. The number of rotatable bonds is 1. The van der Waals surface area contributed by atoms with Crippen LogP contribution in [0.3, 0.4) is 0 Å². The van der Waals surface area contributed by atoms with Crippen molar-refractivity contribution in [2.24, 2.45) is 0 Å². The average Bonchev–Trinajstić information content (AvgIpc) is 2.76. The number of carbonyl (C=O) groups excluding carboxylic acids is 1. The molecule has 3 rings (SSSR count). The van der Waals surface area contributed by atoms with Gasteiger partial charge in [0.2, 0.25) is 0 Å². The van der Waals surface area contributed by atoms with Crippen molar-refractivity contribution in [3.63, 3.8) is 0 Å². The van der Waals surface area contributed by atoms with E-state index in [0.29, 0.717) is 18.7 Å². The third-order valence-corrected chi connectivity index (χ3v) is 4.12. The minimum Gasteiger partial charge on any atom is -0.308 e. The zero-order valence-corrected chi connectivity index (χ0v) is 13.2. The summed E-state index contributed by atoms with van der Waals surface area (Å²) in [5, 5.41) is 2.60.